The van der Waals surface area contributed by atoms with E-state index in [1.165, 1.54) is 12.4 Å². The van der Waals surface area contributed by atoms with Crippen LogP contribution in [-0.4, -0.2) is 27.0 Å². The van der Waals surface area contributed by atoms with Gasteiger partial charge in [-0.3, -0.25) is 0 Å². The van der Waals surface area contributed by atoms with Gasteiger partial charge in [0.2, 0.25) is 0 Å². The van der Waals surface area contributed by atoms with Crippen LogP contribution >= 0.6 is 0 Å². The summed E-state index contributed by atoms with van der Waals surface area (Å²) in [5.74, 6) is -2.50. The van der Waals surface area contributed by atoms with E-state index < -0.39 is 17.5 Å². The number of hydrogen-bond donors (Lipinski definition) is 2. The first-order valence-electron chi connectivity index (χ1n) is 3.77. The third-order valence-electron chi connectivity index (χ3n) is 1.31. The fourth-order valence-electron chi connectivity index (χ4n) is 0.593. The average Bonchev–Trinajstić information content (AvgIpc) is 2.26. The van der Waals surface area contributed by atoms with Crippen molar-refractivity contribution in [3.63, 3.8) is 0 Å². The smallest absolute Gasteiger partial charge is 0.369 e. The molecular weight excluding hydrogens is 202 g/mol. The van der Waals surface area contributed by atoms with Gasteiger partial charge in [0.15, 0.2) is 0 Å². The first kappa shape index (κ1) is 10.6. The van der Waals surface area contributed by atoms with Crippen molar-refractivity contribution in [3.05, 3.63) is 30.6 Å². The van der Waals surface area contributed by atoms with Crippen molar-refractivity contribution >= 4 is 17.9 Å². The van der Waals surface area contributed by atoms with Gasteiger partial charge < -0.3 is 9.94 Å². The number of anilines is 1. The van der Waals surface area contributed by atoms with Gasteiger partial charge >= 0.3 is 11.9 Å². The SMILES string of the molecule is C=C(C(=O)O)C(=O)ONc1ncccn1. The van der Waals surface area contributed by atoms with Crippen LogP contribution in [0.15, 0.2) is 30.6 Å². The van der Waals surface area contributed by atoms with E-state index in [0.29, 0.717) is 0 Å². The minimum Gasteiger partial charge on any atom is -0.477 e. The Bertz CT molecular complexity index is 390. The molecule has 0 saturated carbocycles. The molecule has 0 fully saturated rings. The molecule has 0 unspecified atom stereocenters. The van der Waals surface area contributed by atoms with Gasteiger partial charge in [-0.05, 0) is 6.07 Å². The number of hydrogen-bond acceptors (Lipinski definition) is 6. The number of carbonyl (C=O) groups is 2. The number of nitrogens with one attached hydrogen (secondary N) is 1. The highest BCUT2D eigenvalue weighted by molar-refractivity contribution is 6.12. The maximum Gasteiger partial charge on any atom is 0.369 e. The minimum atomic E-state index is -1.45. The lowest BCUT2D eigenvalue weighted by atomic mass is 10.3. The molecule has 0 aliphatic rings. The predicted octanol–water partition coefficient (Wildman–Crippen LogP) is -0.0125. The maximum atomic E-state index is 10.9. The van der Waals surface area contributed by atoms with Crippen LogP contribution in [0.5, 0.6) is 0 Å². The fourth-order valence-corrected chi connectivity index (χ4v) is 0.593. The van der Waals surface area contributed by atoms with Crippen molar-refractivity contribution in [1.82, 2.24) is 9.97 Å². The van der Waals surface area contributed by atoms with Crippen LogP contribution in [0.3, 0.4) is 0 Å². The Hall–Kier alpha value is -2.44. The monoisotopic (exact) mass is 209 g/mol. The Kier molecular flexibility index (Phi) is 3.33. The molecule has 0 aliphatic heterocycles. The summed E-state index contributed by atoms with van der Waals surface area (Å²) in [7, 11) is 0. The van der Waals surface area contributed by atoms with Crippen molar-refractivity contribution in [3.8, 4) is 0 Å². The highest BCUT2D eigenvalue weighted by Gasteiger charge is 2.16. The number of aromatic nitrogens is 2. The molecule has 1 aromatic rings. The van der Waals surface area contributed by atoms with Gasteiger partial charge in [-0.1, -0.05) is 6.58 Å². The molecule has 0 aromatic carbocycles. The summed E-state index contributed by atoms with van der Waals surface area (Å²) >= 11 is 0. The van der Waals surface area contributed by atoms with E-state index in [1.807, 2.05) is 0 Å². The molecule has 0 spiro atoms. The van der Waals surface area contributed by atoms with Gasteiger partial charge in [0, 0.05) is 12.4 Å². The van der Waals surface area contributed by atoms with E-state index >= 15 is 0 Å². The average molecular weight is 209 g/mol. The van der Waals surface area contributed by atoms with Crippen molar-refractivity contribution in [2.45, 2.75) is 0 Å². The molecule has 2 N–H and O–H groups in total. The molecule has 1 aromatic heterocycles. The minimum absolute atomic E-state index is 0.0454. The maximum absolute atomic E-state index is 10.9. The molecule has 0 bridgehead atoms. The zero-order valence-corrected chi connectivity index (χ0v) is 7.51. The first-order chi connectivity index (χ1) is 7.11. The van der Waals surface area contributed by atoms with E-state index in [-0.39, 0.29) is 5.95 Å². The van der Waals surface area contributed by atoms with Gasteiger partial charge in [0.1, 0.15) is 5.57 Å². The zero-order valence-electron chi connectivity index (χ0n) is 7.51. The molecule has 0 radical (unpaired) electrons. The Balaban J connectivity index is 2.48. The summed E-state index contributed by atoms with van der Waals surface area (Å²) in [6.45, 7) is 3.01. The van der Waals surface area contributed by atoms with Gasteiger partial charge in [0.05, 0.1) is 0 Å². The van der Waals surface area contributed by atoms with E-state index in [4.69, 9.17) is 5.11 Å². The van der Waals surface area contributed by atoms with Crippen molar-refractivity contribution < 1.29 is 19.5 Å². The number of carboxylic acids is 1. The van der Waals surface area contributed by atoms with Crippen molar-refractivity contribution in [1.29, 1.82) is 0 Å². The van der Waals surface area contributed by atoms with Crippen molar-refractivity contribution in [2.75, 3.05) is 5.48 Å². The summed E-state index contributed by atoms with van der Waals surface area (Å²) in [5.41, 5.74) is 1.40. The number of carbonyl (C=O) groups excluding carboxylic acids is 1. The largest absolute Gasteiger partial charge is 0.477 e. The molecule has 0 amide bonds. The standard InChI is InChI=1S/C8H7N3O4/c1-5(6(12)13)7(14)15-11-8-9-3-2-4-10-8/h2-4H,1H2,(H,12,13)(H,9,10,11). The normalized spacial score (nSPS) is 9.07. The number of nitrogens with zero attached hydrogens (tertiary/aromatic N) is 2. The Labute approximate surface area is 84.4 Å². The van der Waals surface area contributed by atoms with Crippen LogP contribution in [0.2, 0.25) is 0 Å². The molecule has 1 heterocycles. The third-order valence-corrected chi connectivity index (χ3v) is 1.31. The highest BCUT2D eigenvalue weighted by Crippen LogP contribution is 1.98. The second-order valence-electron chi connectivity index (χ2n) is 2.35. The lowest BCUT2D eigenvalue weighted by Gasteiger charge is -2.03. The lowest BCUT2D eigenvalue weighted by Crippen LogP contribution is -2.18. The molecule has 7 nitrogen and oxygen atoms in total. The zero-order chi connectivity index (χ0) is 11.3. The molecule has 1 rings (SSSR count). The number of rotatable bonds is 4. The lowest BCUT2D eigenvalue weighted by molar-refractivity contribution is -0.142. The third kappa shape index (κ3) is 3.07. The van der Waals surface area contributed by atoms with E-state index in [0.717, 1.165) is 0 Å². The van der Waals surface area contributed by atoms with Gasteiger partial charge in [-0.25, -0.2) is 19.6 Å². The van der Waals surface area contributed by atoms with Crippen LogP contribution in [0.4, 0.5) is 5.95 Å². The quantitative estimate of drug-likeness (QED) is 0.311. The Morgan fingerprint density at radius 1 is 1.40 bits per heavy atom. The molecule has 0 saturated heterocycles. The summed E-state index contributed by atoms with van der Waals surface area (Å²) < 4.78 is 0. The topological polar surface area (TPSA) is 101 Å². The van der Waals surface area contributed by atoms with Gasteiger partial charge in [0.25, 0.3) is 5.95 Å². The molecule has 0 atom stereocenters. The number of aliphatic carboxylic acids is 1. The van der Waals surface area contributed by atoms with E-state index in [9.17, 15) is 9.59 Å². The predicted molar refractivity (Wildman–Crippen MR) is 48.5 cm³/mol. The molecule has 78 valence electrons. The van der Waals surface area contributed by atoms with Crippen molar-refractivity contribution in [2.24, 2.45) is 0 Å². The van der Waals surface area contributed by atoms with Crippen LogP contribution in [0.1, 0.15) is 0 Å². The first-order valence-corrected chi connectivity index (χ1v) is 3.77. The summed E-state index contributed by atoms with van der Waals surface area (Å²) in [6, 6.07) is 1.57. The number of carboxylic acid groups (broad SMARTS) is 1. The summed E-state index contributed by atoms with van der Waals surface area (Å²) in [6.07, 6.45) is 2.85. The van der Waals surface area contributed by atoms with Gasteiger partial charge in [-0.15, -0.1) is 0 Å². The Morgan fingerprint density at radius 3 is 2.53 bits per heavy atom. The molecular formula is C8H7N3O4. The van der Waals surface area contributed by atoms with E-state index in [2.05, 4.69) is 26.9 Å². The highest BCUT2D eigenvalue weighted by atomic mass is 16.7. The second kappa shape index (κ2) is 4.70. The van der Waals surface area contributed by atoms with Crippen LogP contribution in [0.25, 0.3) is 0 Å². The van der Waals surface area contributed by atoms with Gasteiger partial charge in [-0.2, -0.15) is 5.48 Å². The Morgan fingerprint density at radius 2 is 2.00 bits per heavy atom. The van der Waals surface area contributed by atoms with Crippen LogP contribution in [-0.2, 0) is 14.4 Å². The van der Waals surface area contributed by atoms with E-state index in [1.54, 1.807) is 6.07 Å². The molecule has 15 heavy (non-hydrogen) atoms. The second-order valence-corrected chi connectivity index (χ2v) is 2.35. The molecule has 0 aliphatic carbocycles. The fraction of sp³-hybridized carbons (Fsp3) is 0. The van der Waals surface area contributed by atoms with Crippen LogP contribution in [0, 0.1) is 0 Å². The summed E-state index contributed by atoms with van der Waals surface area (Å²) in [5, 5.41) is 8.39. The molecule has 7 heteroatoms. The van der Waals surface area contributed by atoms with Crippen LogP contribution < -0.4 is 5.48 Å². The summed E-state index contributed by atoms with van der Waals surface area (Å²) in [4.78, 5) is 32.9.